The van der Waals surface area contributed by atoms with Gasteiger partial charge < -0.3 is 15.4 Å². The molecule has 0 aliphatic carbocycles. The second-order valence-electron chi connectivity index (χ2n) is 4.00. The summed E-state index contributed by atoms with van der Waals surface area (Å²) < 4.78 is 1.81. The number of imidazole rings is 1. The summed E-state index contributed by atoms with van der Waals surface area (Å²) in [6.45, 7) is 5.60. The van der Waals surface area contributed by atoms with E-state index in [4.69, 9.17) is 10.8 Å². The average Bonchev–Trinajstić information content (AvgIpc) is 2.44. The highest BCUT2D eigenvalue weighted by Crippen LogP contribution is 2.09. The fourth-order valence-corrected chi connectivity index (χ4v) is 1.44. The lowest BCUT2D eigenvalue weighted by Gasteiger charge is -2.20. The van der Waals surface area contributed by atoms with Crippen LogP contribution in [-0.2, 0) is 17.8 Å². The van der Waals surface area contributed by atoms with Crippen LogP contribution < -0.4 is 5.73 Å². The van der Waals surface area contributed by atoms with Crippen LogP contribution >= 0.6 is 0 Å². The van der Waals surface area contributed by atoms with Crippen LogP contribution in [0.15, 0.2) is 6.20 Å². The lowest BCUT2D eigenvalue weighted by Crippen LogP contribution is -2.48. The Morgan fingerprint density at radius 3 is 2.80 bits per heavy atom. The molecule has 1 aromatic heterocycles. The van der Waals surface area contributed by atoms with E-state index >= 15 is 0 Å². The topological polar surface area (TPSA) is 81.1 Å². The summed E-state index contributed by atoms with van der Waals surface area (Å²) in [4.78, 5) is 15.2. The molecule has 0 saturated heterocycles. The predicted molar refractivity (Wildman–Crippen MR) is 56.6 cm³/mol. The van der Waals surface area contributed by atoms with Crippen molar-refractivity contribution in [1.29, 1.82) is 0 Å². The van der Waals surface area contributed by atoms with Crippen LogP contribution in [0.4, 0.5) is 0 Å². The summed E-state index contributed by atoms with van der Waals surface area (Å²) in [5, 5.41) is 8.91. The Kier molecular flexibility index (Phi) is 3.14. The highest BCUT2D eigenvalue weighted by atomic mass is 16.4. The zero-order valence-corrected chi connectivity index (χ0v) is 9.32. The average molecular weight is 211 g/mol. The molecule has 0 amide bonds. The van der Waals surface area contributed by atoms with Crippen molar-refractivity contribution in [3.8, 4) is 0 Å². The molecule has 1 aromatic rings. The predicted octanol–water partition coefficient (Wildman–Crippen LogP) is 0.556. The van der Waals surface area contributed by atoms with E-state index in [2.05, 4.69) is 4.98 Å². The molecule has 0 radical (unpaired) electrons. The van der Waals surface area contributed by atoms with E-state index in [1.54, 1.807) is 0 Å². The van der Waals surface area contributed by atoms with Crippen LogP contribution in [-0.4, -0.2) is 26.2 Å². The van der Waals surface area contributed by atoms with Crippen molar-refractivity contribution in [3.05, 3.63) is 17.7 Å². The number of nitrogens with zero attached hydrogens (tertiary/aromatic N) is 2. The van der Waals surface area contributed by atoms with Gasteiger partial charge in [-0.2, -0.15) is 0 Å². The van der Waals surface area contributed by atoms with Gasteiger partial charge >= 0.3 is 5.97 Å². The molecule has 84 valence electrons. The van der Waals surface area contributed by atoms with Crippen LogP contribution in [0.5, 0.6) is 0 Å². The van der Waals surface area contributed by atoms with Crippen molar-refractivity contribution < 1.29 is 9.90 Å². The molecule has 1 unspecified atom stereocenters. The lowest BCUT2D eigenvalue weighted by molar-refractivity contribution is -0.143. The Morgan fingerprint density at radius 1 is 1.73 bits per heavy atom. The number of carbonyl (C=O) groups is 1. The summed E-state index contributed by atoms with van der Waals surface area (Å²) in [7, 11) is 0. The lowest BCUT2D eigenvalue weighted by atomic mass is 10.1. The minimum Gasteiger partial charge on any atom is -0.480 e. The maximum absolute atomic E-state index is 10.9. The minimum absolute atomic E-state index is 0.242. The molecule has 0 aromatic carbocycles. The van der Waals surface area contributed by atoms with Crippen molar-refractivity contribution in [2.24, 2.45) is 5.73 Å². The van der Waals surface area contributed by atoms with Crippen LogP contribution in [0, 0.1) is 6.92 Å². The van der Waals surface area contributed by atoms with Crippen LogP contribution in [0.3, 0.4) is 0 Å². The van der Waals surface area contributed by atoms with Gasteiger partial charge in [0.1, 0.15) is 11.4 Å². The summed E-state index contributed by atoms with van der Waals surface area (Å²) in [5.41, 5.74) is 5.31. The molecule has 15 heavy (non-hydrogen) atoms. The van der Waals surface area contributed by atoms with E-state index < -0.39 is 11.5 Å². The van der Waals surface area contributed by atoms with Crippen molar-refractivity contribution in [1.82, 2.24) is 9.55 Å². The van der Waals surface area contributed by atoms with E-state index in [-0.39, 0.29) is 6.54 Å². The number of nitrogens with two attached hydrogens (primary N) is 1. The number of aliphatic carboxylic acids is 1. The summed E-state index contributed by atoms with van der Waals surface area (Å²) >= 11 is 0. The first-order valence-corrected chi connectivity index (χ1v) is 4.91. The largest absolute Gasteiger partial charge is 0.480 e. The number of carboxylic acid groups (broad SMARTS) is 1. The first kappa shape index (κ1) is 11.7. The van der Waals surface area contributed by atoms with Crippen molar-refractivity contribution in [2.45, 2.75) is 39.3 Å². The number of aromatic nitrogens is 2. The van der Waals surface area contributed by atoms with Gasteiger partial charge in [-0.25, -0.2) is 4.98 Å². The molecule has 0 aliphatic heterocycles. The van der Waals surface area contributed by atoms with Gasteiger partial charge in [0.25, 0.3) is 0 Å². The van der Waals surface area contributed by atoms with Gasteiger partial charge in [0.05, 0.1) is 12.2 Å². The highest BCUT2D eigenvalue weighted by molar-refractivity contribution is 5.77. The number of aryl methyl sites for hydroxylation is 2. The van der Waals surface area contributed by atoms with E-state index in [9.17, 15) is 4.79 Å². The Morgan fingerprint density at radius 2 is 2.33 bits per heavy atom. The number of rotatable bonds is 4. The Bertz CT molecular complexity index is 369. The molecule has 5 heteroatoms. The molecular formula is C10H17N3O2. The molecular weight excluding hydrogens is 194 g/mol. The molecule has 1 atom stereocenters. The zero-order chi connectivity index (χ0) is 11.6. The van der Waals surface area contributed by atoms with E-state index in [1.807, 2.05) is 24.6 Å². The maximum Gasteiger partial charge on any atom is 0.325 e. The standard InChI is InChI=1S/C10H17N3O2/c1-4-8-12-7(2)5-13(8)6-10(3,11)9(14)15/h5H,4,6,11H2,1-3H3,(H,14,15). The number of hydrogen-bond acceptors (Lipinski definition) is 3. The molecule has 0 fully saturated rings. The van der Waals surface area contributed by atoms with Gasteiger partial charge in [-0.1, -0.05) is 6.92 Å². The molecule has 0 saturated carbocycles. The van der Waals surface area contributed by atoms with Gasteiger partial charge in [0, 0.05) is 12.6 Å². The third-order valence-electron chi connectivity index (χ3n) is 2.28. The van der Waals surface area contributed by atoms with E-state index in [0.717, 1.165) is 17.9 Å². The monoisotopic (exact) mass is 211 g/mol. The highest BCUT2D eigenvalue weighted by Gasteiger charge is 2.29. The second-order valence-corrected chi connectivity index (χ2v) is 4.00. The summed E-state index contributed by atoms with van der Waals surface area (Å²) in [6, 6.07) is 0. The summed E-state index contributed by atoms with van der Waals surface area (Å²) in [5.74, 6) is -0.138. The fourth-order valence-electron chi connectivity index (χ4n) is 1.44. The van der Waals surface area contributed by atoms with Crippen molar-refractivity contribution >= 4 is 5.97 Å². The molecule has 0 bridgehead atoms. The van der Waals surface area contributed by atoms with Crippen LogP contribution in [0.1, 0.15) is 25.4 Å². The third-order valence-corrected chi connectivity index (χ3v) is 2.28. The van der Waals surface area contributed by atoms with Crippen LogP contribution in [0.2, 0.25) is 0 Å². The Hall–Kier alpha value is -1.36. The quantitative estimate of drug-likeness (QED) is 0.762. The van der Waals surface area contributed by atoms with Gasteiger partial charge in [-0.3, -0.25) is 4.79 Å². The molecule has 3 N–H and O–H groups in total. The smallest absolute Gasteiger partial charge is 0.325 e. The first-order chi connectivity index (χ1) is 6.86. The van der Waals surface area contributed by atoms with E-state index in [1.165, 1.54) is 6.92 Å². The SMILES string of the molecule is CCc1nc(C)cn1CC(C)(N)C(=O)O. The second kappa shape index (κ2) is 4.02. The van der Waals surface area contributed by atoms with Crippen molar-refractivity contribution in [3.63, 3.8) is 0 Å². The number of carboxylic acids is 1. The maximum atomic E-state index is 10.9. The van der Waals surface area contributed by atoms with Gasteiger partial charge in [0.15, 0.2) is 0 Å². The molecule has 0 spiro atoms. The molecule has 0 aliphatic rings. The molecule has 1 heterocycles. The first-order valence-electron chi connectivity index (χ1n) is 4.91. The van der Waals surface area contributed by atoms with Gasteiger partial charge in [0.2, 0.25) is 0 Å². The Balaban J connectivity index is 2.93. The van der Waals surface area contributed by atoms with Crippen molar-refractivity contribution in [2.75, 3.05) is 0 Å². The summed E-state index contributed by atoms with van der Waals surface area (Å²) in [6.07, 6.45) is 2.59. The Labute approximate surface area is 88.9 Å². The minimum atomic E-state index is -1.25. The normalized spacial score (nSPS) is 14.9. The fraction of sp³-hybridized carbons (Fsp3) is 0.600. The van der Waals surface area contributed by atoms with Crippen LogP contribution in [0.25, 0.3) is 0 Å². The zero-order valence-electron chi connectivity index (χ0n) is 9.32. The molecule has 1 rings (SSSR count). The van der Waals surface area contributed by atoms with Gasteiger partial charge in [-0.15, -0.1) is 0 Å². The van der Waals surface area contributed by atoms with E-state index in [0.29, 0.717) is 0 Å². The number of hydrogen-bond donors (Lipinski definition) is 2. The third kappa shape index (κ3) is 2.56. The molecule has 5 nitrogen and oxygen atoms in total. The van der Waals surface area contributed by atoms with Gasteiger partial charge in [-0.05, 0) is 13.8 Å².